The highest BCUT2D eigenvalue weighted by Crippen LogP contribution is 2.06. The molecular weight excluding hydrogens is 200 g/mol. The molecule has 90 valence electrons. The van der Waals surface area contributed by atoms with Crippen molar-refractivity contribution in [2.24, 2.45) is 5.92 Å². The molecule has 0 aromatic carbocycles. The molecule has 0 atom stereocenters. The molecule has 3 nitrogen and oxygen atoms in total. The van der Waals surface area contributed by atoms with Gasteiger partial charge in [0.05, 0.1) is 0 Å². The summed E-state index contributed by atoms with van der Waals surface area (Å²) in [6, 6.07) is 4.20. The maximum Gasteiger partial charge on any atom is 0.220 e. The molecule has 1 aromatic rings. The van der Waals surface area contributed by atoms with Crippen LogP contribution in [-0.4, -0.2) is 17.0 Å². The van der Waals surface area contributed by atoms with Crippen LogP contribution in [0.5, 0.6) is 0 Å². The Morgan fingerprint density at radius 3 is 2.38 bits per heavy atom. The molecule has 0 saturated heterocycles. The number of nitrogens with zero attached hydrogens (tertiary/aromatic N) is 1. The number of hydrogen-bond acceptors (Lipinski definition) is 1. The third kappa shape index (κ3) is 3.72. The molecule has 1 N–H and O–H groups in total. The third-order valence-corrected chi connectivity index (χ3v) is 2.67. The van der Waals surface area contributed by atoms with Crippen molar-refractivity contribution in [2.45, 2.75) is 40.7 Å². The second kappa shape index (κ2) is 5.73. The first-order chi connectivity index (χ1) is 7.50. The molecule has 3 heteroatoms. The van der Waals surface area contributed by atoms with Gasteiger partial charge in [-0.2, -0.15) is 0 Å². The number of aryl methyl sites for hydroxylation is 2. The van der Waals surface area contributed by atoms with Crippen LogP contribution in [0.2, 0.25) is 0 Å². The Bertz CT molecular complexity index is 333. The van der Waals surface area contributed by atoms with Crippen molar-refractivity contribution in [1.29, 1.82) is 0 Å². The zero-order chi connectivity index (χ0) is 12.1. The number of aromatic nitrogens is 1. The van der Waals surface area contributed by atoms with Crippen LogP contribution in [0, 0.1) is 19.8 Å². The smallest absolute Gasteiger partial charge is 0.220 e. The zero-order valence-electron chi connectivity index (χ0n) is 10.7. The highest BCUT2D eigenvalue weighted by atomic mass is 16.1. The van der Waals surface area contributed by atoms with E-state index in [-0.39, 0.29) is 5.91 Å². The Morgan fingerprint density at radius 1 is 1.31 bits per heavy atom. The van der Waals surface area contributed by atoms with Gasteiger partial charge in [0, 0.05) is 30.9 Å². The van der Waals surface area contributed by atoms with E-state index in [1.165, 1.54) is 11.4 Å². The highest BCUT2D eigenvalue weighted by Gasteiger charge is 2.04. The molecule has 1 aromatic heterocycles. The summed E-state index contributed by atoms with van der Waals surface area (Å²) in [6.07, 6.45) is 0.615. The highest BCUT2D eigenvalue weighted by molar-refractivity contribution is 5.75. The Morgan fingerprint density at radius 2 is 1.88 bits per heavy atom. The Balaban J connectivity index is 2.33. The zero-order valence-corrected chi connectivity index (χ0v) is 10.7. The lowest BCUT2D eigenvalue weighted by Crippen LogP contribution is -2.28. The lowest BCUT2D eigenvalue weighted by atomic mass is 10.1. The molecule has 0 aliphatic carbocycles. The van der Waals surface area contributed by atoms with Crippen molar-refractivity contribution in [3.63, 3.8) is 0 Å². The fourth-order valence-electron chi connectivity index (χ4n) is 1.80. The molecule has 0 radical (unpaired) electrons. The van der Waals surface area contributed by atoms with Gasteiger partial charge in [-0.15, -0.1) is 0 Å². The van der Waals surface area contributed by atoms with Crippen LogP contribution in [0.3, 0.4) is 0 Å². The van der Waals surface area contributed by atoms with Gasteiger partial charge in [-0.1, -0.05) is 13.8 Å². The first-order valence-corrected chi connectivity index (χ1v) is 5.90. The van der Waals surface area contributed by atoms with Crippen molar-refractivity contribution in [3.8, 4) is 0 Å². The second-order valence-electron chi connectivity index (χ2n) is 4.72. The van der Waals surface area contributed by atoms with Crippen molar-refractivity contribution >= 4 is 5.91 Å². The molecule has 1 amide bonds. The normalized spacial score (nSPS) is 10.8. The molecule has 1 rings (SSSR count). The monoisotopic (exact) mass is 222 g/mol. The van der Waals surface area contributed by atoms with Gasteiger partial charge in [-0.25, -0.2) is 0 Å². The lowest BCUT2D eigenvalue weighted by molar-refractivity contribution is -0.121. The van der Waals surface area contributed by atoms with Crippen LogP contribution in [-0.2, 0) is 11.3 Å². The number of carbonyl (C=O) groups excluding carboxylic acids is 1. The van der Waals surface area contributed by atoms with Crippen molar-refractivity contribution in [3.05, 3.63) is 23.5 Å². The van der Waals surface area contributed by atoms with Crippen LogP contribution in [0.25, 0.3) is 0 Å². The van der Waals surface area contributed by atoms with Gasteiger partial charge < -0.3 is 9.88 Å². The number of nitrogens with one attached hydrogen (secondary N) is 1. The number of carbonyl (C=O) groups is 1. The van der Waals surface area contributed by atoms with Crippen LogP contribution in [0.15, 0.2) is 12.1 Å². The SMILES string of the molecule is Cc1ccc(C)n1CCNC(=O)CC(C)C. The minimum absolute atomic E-state index is 0.150. The van der Waals surface area contributed by atoms with Crippen molar-refractivity contribution in [1.82, 2.24) is 9.88 Å². The van der Waals surface area contributed by atoms with Gasteiger partial charge >= 0.3 is 0 Å². The summed E-state index contributed by atoms with van der Waals surface area (Å²) >= 11 is 0. The Hall–Kier alpha value is -1.25. The average Bonchev–Trinajstić information content (AvgIpc) is 2.47. The molecule has 0 unspecified atom stereocenters. The lowest BCUT2D eigenvalue weighted by Gasteiger charge is -2.11. The van der Waals surface area contributed by atoms with E-state index in [0.29, 0.717) is 18.9 Å². The maximum atomic E-state index is 11.4. The summed E-state index contributed by atoms with van der Waals surface area (Å²) < 4.78 is 2.22. The van der Waals surface area contributed by atoms with Gasteiger partial charge in [0.1, 0.15) is 0 Å². The molecule has 0 bridgehead atoms. The molecule has 0 fully saturated rings. The van der Waals surface area contributed by atoms with Crippen molar-refractivity contribution < 1.29 is 4.79 Å². The maximum absolute atomic E-state index is 11.4. The molecule has 16 heavy (non-hydrogen) atoms. The fourth-order valence-corrected chi connectivity index (χ4v) is 1.80. The van der Waals surface area contributed by atoms with Crippen LogP contribution < -0.4 is 5.32 Å². The minimum Gasteiger partial charge on any atom is -0.354 e. The Kier molecular flexibility index (Phi) is 4.59. The van der Waals surface area contributed by atoms with E-state index in [0.717, 1.165) is 6.54 Å². The summed E-state index contributed by atoms with van der Waals surface area (Å²) in [4.78, 5) is 11.4. The van der Waals surface area contributed by atoms with Crippen LogP contribution >= 0.6 is 0 Å². The summed E-state index contributed by atoms with van der Waals surface area (Å²) in [6.45, 7) is 9.85. The van der Waals surface area contributed by atoms with E-state index in [1.54, 1.807) is 0 Å². The summed E-state index contributed by atoms with van der Waals surface area (Å²) in [7, 11) is 0. The molecule has 1 heterocycles. The molecular formula is C13H22N2O. The standard InChI is InChI=1S/C13H22N2O/c1-10(2)9-13(16)14-7-8-15-11(3)5-6-12(15)4/h5-6,10H,7-9H2,1-4H3,(H,14,16). The van der Waals surface area contributed by atoms with Crippen molar-refractivity contribution in [2.75, 3.05) is 6.54 Å². The van der Waals surface area contributed by atoms with E-state index in [1.807, 2.05) is 0 Å². The Labute approximate surface area is 97.8 Å². The fraction of sp³-hybridized carbons (Fsp3) is 0.615. The predicted octanol–water partition coefficient (Wildman–Crippen LogP) is 2.27. The van der Waals surface area contributed by atoms with Gasteiger partial charge in [-0.05, 0) is 31.9 Å². The molecule has 0 aliphatic rings. The van der Waals surface area contributed by atoms with Gasteiger partial charge in [0.25, 0.3) is 0 Å². The summed E-state index contributed by atoms with van der Waals surface area (Å²) in [5.41, 5.74) is 2.49. The van der Waals surface area contributed by atoms with Gasteiger partial charge in [0.15, 0.2) is 0 Å². The van der Waals surface area contributed by atoms with Gasteiger partial charge in [-0.3, -0.25) is 4.79 Å². The third-order valence-electron chi connectivity index (χ3n) is 2.67. The van der Waals surface area contributed by atoms with Gasteiger partial charge in [0.2, 0.25) is 5.91 Å². The van der Waals surface area contributed by atoms with E-state index < -0.39 is 0 Å². The van der Waals surface area contributed by atoms with E-state index in [4.69, 9.17) is 0 Å². The van der Waals surface area contributed by atoms with Crippen LogP contribution in [0.4, 0.5) is 0 Å². The number of amides is 1. The average molecular weight is 222 g/mol. The predicted molar refractivity (Wildman–Crippen MR) is 66.4 cm³/mol. The van der Waals surface area contributed by atoms with E-state index in [9.17, 15) is 4.79 Å². The topological polar surface area (TPSA) is 34.0 Å². The summed E-state index contributed by atoms with van der Waals surface area (Å²) in [5.74, 6) is 0.576. The molecule has 0 saturated carbocycles. The van der Waals surface area contributed by atoms with E-state index >= 15 is 0 Å². The first-order valence-electron chi connectivity index (χ1n) is 5.90. The largest absolute Gasteiger partial charge is 0.354 e. The molecule has 0 spiro atoms. The first kappa shape index (κ1) is 12.8. The minimum atomic E-state index is 0.150. The molecule has 0 aliphatic heterocycles. The number of rotatable bonds is 5. The number of hydrogen-bond donors (Lipinski definition) is 1. The summed E-state index contributed by atoms with van der Waals surface area (Å²) in [5, 5.41) is 2.95. The second-order valence-corrected chi connectivity index (χ2v) is 4.72. The van der Waals surface area contributed by atoms with E-state index in [2.05, 4.69) is 49.7 Å². The van der Waals surface area contributed by atoms with Crippen LogP contribution in [0.1, 0.15) is 31.7 Å². The quantitative estimate of drug-likeness (QED) is 0.814.